The van der Waals surface area contributed by atoms with E-state index in [0.29, 0.717) is 12.4 Å². The smallest absolute Gasteiger partial charge is 0.145 e. The molecule has 3 N–H and O–H groups in total. The van der Waals surface area contributed by atoms with Crippen LogP contribution in [-0.4, -0.2) is 16.8 Å². The van der Waals surface area contributed by atoms with Crippen molar-refractivity contribution in [1.82, 2.24) is 10.2 Å². The van der Waals surface area contributed by atoms with Gasteiger partial charge in [-0.2, -0.15) is 5.10 Å². The van der Waals surface area contributed by atoms with Crippen molar-refractivity contribution in [2.24, 2.45) is 0 Å². The van der Waals surface area contributed by atoms with Crippen molar-refractivity contribution in [2.75, 3.05) is 12.3 Å². The number of aromatic amines is 1. The quantitative estimate of drug-likeness (QED) is 0.864. The van der Waals surface area contributed by atoms with Crippen LogP contribution in [0.1, 0.15) is 23.2 Å². The van der Waals surface area contributed by atoms with E-state index in [1.165, 1.54) is 30.4 Å². The van der Waals surface area contributed by atoms with Gasteiger partial charge in [-0.1, -0.05) is 6.07 Å². The number of hydrogen-bond donors (Lipinski definition) is 2. The Kier molecular flexibility index (Phi) is 2.92. The van der Waals surface area contributed by atoms with Crippen LogP contribution in [0.25, 0.3) is 0 Å². The van der Waals surface area contributed by atoms with E-state index in [2.05, 4.69) is 28.4 Å². The minimum atomic E-state index is 0.530. The van der Waals surface area contributed by atoms with Crippen molar-refractivity contribution in [1.29, 1.82) is 0 Å². The third kappa shape index (κ3) is 2.32. The molecule has 3 rings (SSSR count). The molecule has 4 nitrogen and oxygen atoms in total. The first-order chi connectivity index (χ1) is 8.81. The maximum atomic E-state index is 5.76. The first-order valence-electron chi connectivity index (χ1n) is 6.35. The highest BCUT2D eigenvalue weighted by atomic mass is 16.5. The maximum Gasteiger partial charge on any atom is 0.145 e. The molecule has 1 aromatic carbocycles. The second kappa shape index (κ2) is 4.72. The number of H-pyrrole nitrogens is 1. The highest BCUT2D eigenvalue weighted by molar-refractivity contribution is 5.38. The Morgan fingerprint density at radius 1 is 1.22 bits per heavy atom. The molecule has 4 heteroatoms. The molecular weight excluding hydrogens is 226 g/mol. The summed E-state index contributed by atoms with van der Waals surface area (Å²) in [4.78, 5) is 0. The van der Waals surface area contributed by atoms with E-state index >= 15 is 0 Å². The summed E-state index contributed by atoms with van der Waals surface area (Å²) in [6.45, 7) is 0.639. The number of rotatable bonds is 4. The van der Waals surface area contributed by atoms with Gasteiger partial charge in [0.2, 0.25) is 0 Å². The molecule has 0 radical (unpaired) electrons. The summed E-state index contributed by atoms with van der Waals surface area (Å²) in [5.41, 5.74) is 9.47. The number of ether oxygens (including phenoxy) is 1. The van der Waals surface area contributed by atoms with Crippen LogP contribution in [0.2, 0.25) is 0 Å². The lowest BCUT2D eigenvalue weighted by molar-refractivity contribution is 0.320. The highest BCUT2D eigenvalue weighted by Crippen LogP contribution is 2.26. The number of aryl methyl sites for hydroxylation is 2. The minimum Gasteiger partial charge on any atom is -0.493 e. The molecule has 1 heterocycles. The standard InChI is InChI=1S/C14H17N3O/c15-14-9-12(16-17-14)6-7-18-13-5-4-10-2-1-3-11(10)8-13/h4-5,8-9H,1-3,6-7H2,(H3,15,16,17). The summed E-state index contributed by atoms with van der Waals surface area (Å²) in [5.74, 6) is 1.49. The van der Waals surface area contributed by atoms with Crippen molar-refractivity contribution in [3.8, 4) is 5.75 Å². The summed E-state index contributed by atoms with van der Waals surface area (Å²) in [6, 6.07) is 8.26. The van der Waals surface area contributed by atoms with Gasteiger partial charge in [0.15, 0.2) is 0 Å². The van der Waals surface area contributed by atoms with Gasteiger partial charge in [-0.3, -0.25) is 5.10 Å². The van der Waals surface area contributed by atoms with Crippen molar-refractivity contribution >= 4 is 5.82 Å². The lowest BCUT2D eigenvalue weighted by Gasteiger charge is -2.07. The van der Waals surface area contributed by atoms with Crippen molar-refractivity contribution in [3.05, 3.63) is 41.1 Å². The number of hydrogen-bond acceptors (Lipinski definition) is 3. The third-order valence-electron chi connectivity index (χ3n) is 3.36. The second-order valence-electron chi connectivity index (χ2n) is 4.70. The van der Waals surface area contributed by atoms with E-state index in [0.717, 1.165) is 17.9 Å². The van der Waals surface area contributed by atoms with Crippen LogP contribution in [0.4, 0.5) is 5.82 Å². The van der Waals surface area contributed by atoms with Crippen LogP contribution in [0, 0.1) is 0 Å². The van der Waals surface area contributed by atoms with Gasteiger partial charge in [0.25, 0.3) is 0 Å². The van der Waals surface area contributed by atoms with Crippen LogP contribution >= 0.6 is 0 Å². The summed E-state index contributed by atoms with van der Waals surface area (Å²) < 4.78 is 5.76. The van der Waals surface area contributed by atoms with Gasteiger partial charge < -0.3 is 10.5 Å². The van der Waals surface area contributed by atoms with E-state index in [9.17, 15) is 0 Å². The number of benzene rings is 1. The lowest BCUT2D eigenvalue weighted by Crippen LogP contribution is -2.02. The average Bonchev–Trinajstić information content (AvgIpc) is 2.97. The number of nitrogen functional groups attached to an aromatic ring is 1. The van der Waals surface area contributed by atoms with Crippen molar-refractivity contribution in [3.63, 3.8) is 0 Å². The van der Waals surface area contributed by atoms with E-state index in [4.69, 9.17) is 10.5 Å². The Bertz CT molecular complexity index is 548. The van der Waals surface area contributed by atoms with E-state index in [1.807, 2.05) is 6.07 Å². The molecule has 0 amide bonds. The molecule has 0 saturated carbocycles. The molecule has 94 valence electrons. The first kappa shape index (κ1) is 11.1. The minimum absolute atomic E-state index is 0.530. The topological polar surface area (TPSA) is 63.9 Å². The molecule has 1 aromatic heterocycles. The summed E-state index contributed by atoms with van der Waals surface area (Å²) in [7, 11) is 0. The molecule has 0 atom stereocenters. The number of fused-ring (bicyclic) bond motifs is 1. The van der Waals surface area contributed by atoms with E-state index < -0.39 is 0 Å². The highest BCUT2D eigenvalue weighted by Gasteiger charge is 2.11. The normalized spacial score (nSPS) is 13.6. The zero-order valence-corrected chi connectivity index (χ0v) is 10.3. The monoisotopic (exact) mass is 243 g/mol. The molecule has 18 heavy (non-hydrogen) atoms. The van der Waals surface area contributed by atoms with E-state index in [1.54, 1.807) is 0 Å². The summed E-state index contributed by atoms with van der Waals surface area (Å²) in [6.07, 6.45) is 4.46. The van der Waals surface area contributed by atoms with Crippen LogP contribution in [0.15, 0.2) is 24.3 Å². The van der Waals surface area contributed by atoms with Gasteiger partial charge in [-0.15, -0.1) is 0 Å². The molecule has 0 aliphatic heterocycles. The predicted octanol–water partition coefficient (Wildman–Crippen LogP) is 2.10. The number of nitrogens with one attached hydrogen (secondary N) is 1. The maximum absolute atomic E-state index is 5.76. The number of nitrogens with two attached hydrogens (primary N) is 1. The van der Waals surface area contributed by atoms with Gasteiger partial charge >= 0.3 is 0 Å². The molecule has 0 spiro atoms. The van der Waals surface area contributed by atoms with Crippen LogP contribution in [-0.2, 0) is 19.3 Å². The Morgan fingerprint density at radius 3 is 2.94 bits per heavy atom. The lowest BCUT2D eigenvalue weighted by atomic mass is 10.1. The number of nitrogens with zero attached hydrogens (tertiary/aromatic N) is 1. The molecule has 0 bridgehead atoms. The SMILES string of the molecule is Nc1cc(CCOc2ccc3c(c2)CCC3)[nH]n1. The fraction of sp³-hybridized carbons (Fsp3) is 0.357. The average molecular weight is 243 g/mol. The summed E-state index contributed by atoms with van der Waals surface area (Å²) >= 11 is 0. The molecule has 1 aliphatic rings. The van der Waals surface area contributed by atoms with Crippen molar-refractivity contribution < 1.29 is 4.74 Å². The first-order valence-corrected chi connectivity index (χ1v) is 6.35. The van der Waals surface area contributed by atoms with Crippen LogP contribution in [0.5, 0.6) is 5.75 Å². The van der Waals surface area contributed by atoms with E-state index in [-0.39, 0.29) is 0 Å². The predicted molar refractivity (Wildman–Crippen MR) is 70.7 cm³/mol. The molecule has 2 aromatic rings. The van der Waals surface area contributed by atoms with Crippen LogP contribution < -0.4 is 10.5 Å². The summed E-state index contributed by atoms with van der Waals surface area (Å²) in [5, 5.41) is 6.77. The molecular formula is C14H17N3O. The van der Waals surface area contributed by atoms with Crippen molar-refractivity contribution in [2.45, 2.75) is 25.7 Å². The van der Waals surface area contributed by atoms with Gasteiger partial charge in [-0.25, -0.2) is 0 Å². The fourth-order valence-electron chi connectivity index (χ4n) is 2.42. The zero-order chi connectivity index (χ0) is 12.4. The Balaban J connectivity index is 1.57. The van der Waals surface area contributed by atoms with Gasteiger partial charge in [0, 0.05) is 18.2 Å². The molecule has 0 fully saturated rings. The molecule has 1 aliphatic carbocycles. The number of aromatic nitrogens is 2. The second-order valence-corrected chi connectivity index (χ2v) is 4.70. The third-order valence-corrected chi connectivity index (χ3v) is 3.36. The largest absolute Gasteiger partial charge is 0.493 e. The zero-order valence-electron chi connectivity index (χ0n) is 10.3. The van der Waals surface area contributed by atoms with Gasteiger partial charge in [0.1, 0.15) is 11.6 Å². The van der Waals surface area contributed by atoms with Gasteiger partial charge in [0.05, 0.1) is 6.61 Å². The number of anilines is 1. The Hall–Kier alpha value is -1.97. The van der Waals surface area contributed by atoms with Crippen LogP contribution in [0.3, 0.4) is 0 Å². The Labute approximate surface area is 106 Å². The Morgan fingerprint density at radius 2 is 2.11 bits per heavy atom. The van der Waals surface area contributed by atoms with Gasteiger partial charge in [-0.05, 0) is 42.5 Å². The molecule has 0 saturated heterocycles. The molecule has 0 unspecified atom stereocenters. The fourth-order valence-corrected chi connectivity index (χ4v) is 2.42.